The second-order valence-electron chi connectivity index (χ2n) is 21.2. The number of H-pyrrole nitrogens is 2. The number of aromatic nitrogens is 4. The number of hydrogen-bond acceptors (Lipinski definition) is 7. The number of hydrogen-bond donors (Lipinski definition) is 3. The number of nitrogens with zero attached hydrogens (tertiary/aromatic N) is 2. The van der Waals surface area contributed by atoms with Crippen LogP contribution < -0.4 is 5.32 Å². The maximum Gasteiger partial charge on any atom is 2.00 e. The summed E-state index contributed by atoms with van der Waals surface area (Å²) in [5.41, 5.74) is 14.0. The third-order valence-electron chi connectivity index (χ3n) is 15.3. The minimum atomic E-state index is -0.491. The van der Waals surface area contributed by atoms with Crippen LogP contribution in [0.25, 0.3) is 39.3 Å². The Labute approximate surface area is 452 Å². The van der Waals surface area contributed by atoms with Crippen LogP contribution in [0.1, 0.15) is 194 Å². The van der Waals surface area contributed by atoms with Gasteiger partial charge < -0.3 is 24.8 Å². The number of allylic oxidation sites excluding steroid dienone is 2. The SMILES string of the molecule is C=Cc1c(C)c2cc3nc(c(CC(=O)OC)c4nc(cc5[nH]c(cc1[nH]2)c(C)c5CC)C(C)=C4C(=O)NCc1ccccc1)C(CCC(=O)OC/C=C(\C)CCCC(C)CCCC(C)CCCC(C)C)C3C.[Mg+2]. The van der Waals surface area contributed by atoms with Gasteiger partial charge in [0.15, 0.2) is 0 Å². The molecule has 5 heterocycles. The summed E-state index contributed by atoms with van der Waals surface area (Å²) in [6.07, 6.45) is 16.3. The number of carbonyl (C=O) groups is 3. The minimum absolute atomic E-state index is 0. The molecule has 0 radical (unpaired) electrons. The monoisotopic (exact) mass is 1000 g/mol. The molecule has 386 valence electrons. The van der Waals surface area contributed by atoms with Gasteiger partial charge in [0.05, 0.1) is 36.2 Å². The predicted octanol–water partition coefficient (Wildman–Crippen LogP) is 14.3. The number of methoxy groups -OCH3 is 1. The summed E-state index contributed by atoms with van der Waals surface area (Å²) < 4.78 is 11.2. The fraction of sp³-hybridized carbons (Fsp3) is 0.500. The van der Waals surface area contributed by atoms with Gasteiger partial charge in [0.1, 0.15) is 6.61 Å². The zero-order chi connectivity index (χ0) is 52.1. The van der Waals surface area contributed by atoms with Gasteiger partial charge in [-0.25, -0.2) is 4.98 Å². The summed E-state index contributed by atoms with van der Waals surface area (Å²) in [6.45, 7) is 26.6. The van der Waals surface area contributed by atoms with Gasteiger partial charge in [0.25, 0.3) is 5.91 Å². The molecular formula is C62H83MgN5O5+2. The Kier molecular flexibility index (Phi) is 22.4. The zero-order valence-electron chi connectivity index (χ0n) is 46.1. The van der Waals surface area contributed by atoms with E-state index >= 15 is 0 Å². The van der Waals surface area contributed by atoms with Crippen molar-refractivity contribution >= 4 is 80.2 Å². The average molecular weight is 1000 g/mol. The van der Waals surface area contributed by atoms with E-state index in [1.165, 1.54) is 57.6 Å². The van der Waals surface area contributed by atoms with E-state index in [2.05, 4.69) is 96.3 Å². The van der Waals surface area contributed by atoms with Crippen LogP contribution in [-0.4, -0.2) is 74.6 Å². The van der Waals surface area contributed by atoms with Crippen molar-refractivity contribution in [3.8, 4) is 0 Å². The molecule has 2 aliphatic rings. The fourth-order valence-corrected chi connectivity index (χ4v) is 10.6. The smallest absolute Gasteiger partial charge is 0.469 e. The maximum atomic E-state index is 14.6. The molecule has 6 rings (SSSR count). The molecule has 3 aromatic heterocycles. The van der Waals surface area contributed by atoms with Gasteiger partial charge in [-0.1, -0.05) is 135 Å². The molecule has 8 bridgehead atoms. The van der Waals surface area contributed by atoms with Gasteiger partial charge in [0, 0.05) is 63.7 Å². The molecule has 10 nitrogen and oxygen atoms in total. The first-order valence-corrected chi connectivity index (χ1v) is 26.8. The standard InChI is InChI=1S/C62H83N5O5.Mg/c1-13-47-42(8)51-34-53-44(10)49(29-30-57(68)72-32-31-41(7)26-20-25-40(6)24-19-23-39(5)22-18-21-38(3)4)60(66-53)50(33-58(69)71-12)61-59(62(70)63-37-46-27-16-15-17-28-46)45(11)54(67-61)36-56-48(14-2)43(9)52(65-56)35-55(47)64-51;/h13,15-17,27-28,31,34-36,38-40,44,49,64-65H,1,14,18-26,29-30,32-33,37H2,2-12H3,(H,63,70);/q;+2/b41-31+,51-34?,52-35?,53-34?,54-36?,55-35?,56-36?,60-50?,61-50?;. The Morgan fingerprint density at radius 3 is 2.12 bits per heavy atom. The van der Waals surface area contributed by atoms with Gasteiger partial charge in [-0.15, -0.1) is 0 Å². The third-order valence-corrected chi connectivity index (χ3v) is 15.3. The van der Waals surface area contributed by atoms with Crippen LogP contribution in [0, 0.1) is 31.6 Å². The van der Waals surface area contributed by atoms with Crippen LogP contribution in [0.2, 0.25) is 0 Å². The number of fused-ring (bicyclic) bond motifs is 8. The Bertz CT molecular complexity index is 2800. The number of aryl methyl sites for hydroxylation is 3. The number of benzene rings is 1. The second kappa shape index (κ2) is 27.9. The second-order valence-corrected chi connectivity index (χ2v) is 21.2. The number of nitrogens with one attached hydrogen (secondary N) is 3. The first kappa shape index (κ1) is 58.6. The summed E-state index contributed by atoms with van der Waals surface area (Å²) >= 11 is 0. The Morgan fingerprint density at radius 2 is 1.47 bits per heavy atom. The van der Waals surface area contributed by atoms with Gasteiger partial charge in [-0.2, -0.15) is 0 Å². The molecule has 1 amide bonds. The van der Waals surface area contributed by atoms with Crippen molar-refractivity contribution in [3.05, 3.63) is 123 Å². The quantitative estimate of drug-likeness (QED) is 0.0361. The van der Waals surface area contributed by atoms with Crippen LogP contribution in [0.15, 0.2) is 66.8 Å². The van der Waals surface area contributed by atoms with E-state index < -0.39 is 5.97 Å². The molecule has 4 aromatic rings. The van der Waals surface area contributed by atoms with Crippen LogP contribution in [0.4, 0.5) is 0 Å². The van der Waals surface area contributed by atoms with Crippen molar-refractivity contribution in [2.24, 2.45) is 17.8 Å². The van der Waals surface area contributed by atoms with E-state index in [1.54, 1.807) is 0 Å². The third kappa shape index (κ3) is 15.4. The van der Waals surface area contributed by atoms with Crippen molar-refractivity contribution in [2.45, 2.75) is 171 Å². The number of rotatable bonds is 24. The molecule has 2 aliphatic heterocycles. The van der Waals surface area contributed by atoms with Crippen LogP contribution in [0.3, 0.4) is 0 Å². The molecule has 0 aliphatic carbocycles. The molecule has 4 unspecified atom stereocenters. The average Bonchev–Trinajstić information content (AvgIpc) is 4.04. The Hall–Kier alpha value is -5.26. The zero-order valence-corrected chi connectivity index (χ0v) is 47.5. The Balaban J connectivity index is 0.00000988. The molecule has 73 heavy (non-hydrogen) atoms. The van der Waals surface area contributed by atoms with Gasteiger partial charge in [-0.3, -0.25) is 19.4 Å². The van der Waals surface area contributed by atoms with Crippen molar-refractivity contribution in [1.82, 2.24) is 25.3 Å². The summed E-state index contributed by atoms with van der Waals surface area (Å²) in [7, 11) is 1.36. The van der Waals surface area contributed by atoms with Crippen molar-refractivity contribution in [3.63, 3.8) is 0 Å². The molecule has 0 saturated heterocycles. The molecule has 3 N–H and O–H groups in total. The first-order chi connectivity index (χ1) is 34.5. The summed E-state index contributed by atoms with van der Waals surface area (Å²) in [5, 5.41) is 3.14. The molecule has 0 fully saturated rings. The number of aromatic amines is 2. The van der Waals surface area contributed by atoms with E-state index in [9.17, 15) is 14.4 Å². The van der Waals surface area contributed by atoms with Gasteiger partial charge in [0.2, 0.25) is 0 Å². The molecule has 0 saturated carbocycles. The van der Waals surface area contributed by atoms with E-state index in [4.69, 9.17) is 19.4 Å². The maximum absolute atomic E-state index is 14.6. The van der Waals surface area contributed by atoms with Gasteiger partial charge in [-0.05, 0) is 123 Å². The van der Waals surface area contributed by atoms with Crippen LogP contribution >= 0.6 is 0 Å². The topological polar surface area (TPSA) is 139 Å². The van der Waals surface area contributed by atoms with Crippen molar-refractivity contribution in [1.29, 1.82) is 0 Å². The molecular weight excluding hydrogens is 919 g/mol. The van der Waals surface area contributed by atoms with Crippen LogP contribution in [0.5, 0.6) is 0 Å². The van der Waals surface area contributed by atoms with Crippen LogP contribution in [-0.2, 0) is 43.2 Å². The predicted molar refractivity (Wildman–Crippen MR) is 302 cm³/mol. The number of amides is 1. The Morgan fingerprint density at radius 1 is 0.808 bits per heavy atom. The van der Waals surface area contributed by atoms with Crippen molar-refractivity contribution < 1.29 is 23.9 Å². The minimum Gasteiger partial charge on any atom is -0.469 e. The largest absolute Gasteiger partial charge is 2.00 e. The molecule has 1 aromatic carbocycles. The summed E-state index contributed by atoms with van der Waals surface area (Å²) in [6, 6.07) is 16.0. The van der Waals surface area contributed by atoms with E-state index in [1.807, 2.05) is 55.5 Å². The van der Waals surface area contributed by atoms with E-state index in [-0.39, 0.29) is 66.2 Å². The van der Waals surface area contributed by atoms with Gasteiger partial charge >= 0.3 is 35.0 Å². The van der Waals surface area contributed by atoms with E-state index in [0.717, 1.165) is 86.7 Å². The number of carbonyl (C=O) groups excluding carboxylic acids is 3. The first-order valence-electron chi connectivity index (χ1n) is 26.8. The fourth-order valence-electron chi connectivity index (χ4n) is 10.6. The summed E-state index contributed by atoms with van der Waals surface area (Å²) in [4.78, 5) is 59.8. The number of esters is 2. The normalized spacial score (nSPS) is 15.5. The van der Waals surface area contributed by atoms with Crippen molar-refractivity contribution in [2.75, 3.05) is 13.7 Å². The molecule has 0 spiro atoms. The summed E-state index contributed by atoms with van der Waals surface area (Å²) in [5.74, 6) is 0.700. The van der Waals surface area contributed by atoms with E-state index in [0.29, 0.717) is 52.7 Å². The molecule has 4 atom stereocenters. The molecule has 11 heteroatoms. The number of ether oxygens (including phenoxy) is 2.